The maximum atomic E-state index is 12.4. The van der Waals surface area contributed by atoms with Crippen LogP contribution in [0.15, 0.2) is 54.6 Å². The maximum Gasteiger partial charge on any atom is 0.351 e. The van der Waals surface area contributed by atoms with Crippen LogP contribution < -0.4 is 10.4 Å². The second kappa shape index (κ2) is 7.52. The van der Waals surface area contributed by atoms with Crippen molar-refractivity contribution in [2.24, 2.45) is 0 Å². The smallest absolute Gasteiger partial charge is 0.351 e. The van der Waals surface area contributed by atoms with Gasteiger partial charge in [-0.2, -0.15) is 0 Å². The van der Waals surface area contributed by atoms with Gasteiger partial charge in [-0.25, -0.2) is 14.4 Å². The molecule has 3 rings (SSSR count). The Bertz CT molecular complexity index is 1200. The molecule has 0 aliphatic heterocycles. The Labute approximate surface area is 171 Å². The van der Waals surface area contributed by atoms with E-state index in [-0.39, 0.29) is 32.4 Å². The zero-order valence-electron chi connectivity index (χ0n) is 13.5. The van der Waals surface area contributed by atoms with Crippen LogP contribution in [0.1, 0.15) is 20.7 Å². The monoisotopic (exact) mass is 511 g/mol. The van der Waals surface area contributed by atoms with Gasteiger partial charge >= 0.3 is 17.6 Å². The summed E-state index contributed by atoms with van der Waals surface area (Å²) in [4.78, 5) is 45.5. The van der Waals surface area contributed by atoms with Crippen molar-refractivity contribution in [3.63, 3.8) is 0 Å². The van der Waals surface area contributed by atoms with Crippen LogP contribution >= 0.6 is 31.9 Å². The molecule has 3 aromatic rings. The number of benzene rings is 2. The molecule has 0 bridgehead atoms. The van der Waals surface area contributed by atoms with E-state index < -0.39 is 28.1 Å². The molecule has 0 saturated heterocycles. The van der Waals surface area contributed by atoms with Crippen molar-refractivity contribution in [1.82, 2.24) is 0 Å². The van der Waals surface area contributed by atoms with E-state index in [2.05, 4.69) is 31.9 Å². The average Bonchev–Trinajstić information content (AvgIpc) is 2.65. The molecule has 0 saturated carbocycles. The van der Waals surface area contributed by atoms with Gasteiger partial charge in [0, 0.05) is 22.0 Å². The highest BCUT2D eigenvalue weighted by molar-refractivity contribution is 9.13. The number of esters is 1. The van der Waals surface area contributed by atoms with Crippen LogP contribution in [0.3, 0.4) is 0 Å². The fourth-order valence-corrected chi connectivity index (χ4v) is 3.09. The van der Waals surface area contributed by atoms with Crippen molar-refractivity contribution in [2.45, 2.75) is 0 Å². The summed E-state index contributed by atoms with van der Waals surface area (Å²) < 4.78 is 11.0. The third-order valence-corrected chi connectivity index (χ3v) is 5.56. The Hall–Kier alpha value is -3.05. The molecule has 2 aromatic carbocycles. The van der Waals surface area contributed by atoms with Crippen molar-refractivity contribution in [1.29, 1.82) is 0 Å². The van der Waals surface area contributed by atoms with Crippen LogP contribution in [0.5, 0.6) is 5.75 Å². The summed E-state index contributed by atoms with van der Waals surface area (Å²) in [6, 6.07) is 7.30. The van der Waals surface area contributed by atoms with Crippen molar-refractivity contribution in [3.8, 4) is 5.75 Å². The predicted molar refractivity (Wildman–Crippen MR) is 103 cm³/mol. The Morgan fingerprint density at radius 2 is 1.79 bits per heavy atom. The number of carboxylic acid groups (broad SMARTS) is 1. The summed E-state index contributed by atoms with van der Waals surface area (Å²) in [5.41, 5.74) is -2.00. The first-order valence-corrected chi connectivity index (χ1v) is 8.93. The second-order valence-corrected chi connectivity index (χ2v) is 7.01. The minimum absolute atomic E-state index is 0.0233. The lowest BCUT2D eigenvalue weighted by Crippen LogP contribution is -2.14. The number of nitro groups is 1. The summed E-state index contributed by atoms with van der Waals surface area (Å²) in [6.07, 6.45) is 0. The first-order valence-electron chi connectivity index (χ1n) is 7.35. The van der Waals surface area contributed by atoms with E-state index in [1.165, 1.54) is 18.2 Å². The number of fused-ring (bicyclic) bond motifs is 1. The molecule has 0 radical (unpaired) electrons. The number of rotatable bonds is 4. The van der Waals surface area contributed by atoms with Gasteiger partial charge in [0.05, 0.1) is 15.0 Å². The number of hydrogen-bond acceptors (Lipinski definition) is 7. The van der Waals surface area contributed by atoms with Gasteiger partial charge in [-0.05, 0) is 56.1 Å². The van der Waals surface area contributed by atoms with E-state index in [1.54, 1.807) is 0 Å². The van der Waals surface area contributed by atoms with Gasteiger partial charge in [-0.1, -0.05) is 0 Å². The quantitative estimate of drug-likeness (QED) is 0.181. The third-order valence-electron chi connectivity index (χ3n) is 3.61. The first kappa shape index (κ1) is 19.7. The van der Waals surface area contributed by atoms with E-state index in [1.807, 2.05) is 0 Å². The number of ether oxygens (including phenoxy) is 1. The SMILES string of the molecule is O=C(Oc1c(Br)c(Br)cc2cc(C(=O)O)c(=O)oc12)c1ccc([N+](=O)[O-])cc1. The average molecular weight is 513 g/mol. The van der Waals surface area contributed by atoms with Gasteiger partial charge in [0.15, 0.2) is 11.3 Å². The molecule has 1 heterocycles. The van der Waals surface area contributed by atoms with Gasteiger partial charge in [0.25, 0.3) is 5.69 Å². The Morgan fingerprint density at radius 3 is 2.36 bits per heavy atom. The van der Waals surface area contributed by atoms with Gasteiger partial charge in [0.1, 0.15) is 5.56 Å². The molecule has 0 spiro atoms. The summed E-state index contributed by atoms with van der Waals surface area (Å²) in [7, 11) is 0. The van der Waals surface area contributed by atoms with Gasteiger partial charge in [-0.3, -0.25) is 10.1 Å². The van der Waals surface area contributed by atoms with Crippen LogP contribution in [-0.2, 0) is 0 Å². The van der Waals surface area contributed by atoms with E-state index in [4.69, 9.17) is 14.3 Å². The highest BCUT2D eigenvalue weighted by atomic mass is 79.9. The van der Waals surface area contributed by atoms with Crippen LogP contribution in [0, 0.1) is 10.1 Å². The lowest BCUT2D eigenvalue weighted by molar-refractivity contribution is -0.384. The number of carbonyl (C=O) groups excluding carboxylic acids is 1. The number of aromatic carboxylic acids is 1. The van der Waals surface area contributed by atoms with Gasteiger partial charge in [0.2, 0.25) is 0 Å². The summed E-state index contributed by atoms with van der Waals surface area (Å²) in [5.74, 6) is -2.47. The zero-order chi connectivity index (χ0) is 20.6. The van der Waals surface area contributed by atoms with Crippen molar-refractivity contribution in [3.05, 3.63) is 77.0 Å². The molecular weight excluding hydrogens is 506 g/mol. The number of halogens is 2. The second-order valence-electron chi connectivity index (χ2n) is 5.37. The Kier molecular flexibility index (Phi) is 5.29. The number of non-ortho nitro benzene ring substituents is 1. The summed E-state index contributed by atoms with van der Waals surface area (Å²) >= 11 is 6.45. The summed E-state index contributed by atoms with van der Waals surface area (Å²) in [6.45, 7) is 0. The number of nitrogens with zero attached hydrogens (tertiary/aromatic N) is 1. The van der Waals surface area contributed by atoms with Crippen LogP contribution in [-0.4, -0.2) is 22.0 Å². The van der Waals surface area contributed by atoms with E-state index in [0.29, 0.717) is 4.47 Å². The van der Waals surface area contributed by atoms with Crippen molar-refractivity contribution < 1.29 is 28.8 Å². The van der Waals surface area contributed by atoms with E-state index >= 15 is 0 Å². The largest absolute Gasteiger partial charge is 0.477 e. The topological polar surface area (TPSA) is 137 Å². The molecule has 28 heavy (non-hydrogen) atoms. The molecule has 0 unspecified atom stereocenters. The standard InChI is InChI=1S/C17H7Br2NO8/c18-11-6-8-5-10(15(21)22)17(24)27-13(8)14(12(11)19)28-16(23)7-1-3-9(4-2-7)20(25)26/h1-6H,(H,21,22). The number of carboxylic acids is 1. The number of nitro benzene ring substituents is 1. The molecule has 0 aliphatic carbocycles. The number of hydrogen-bond donors (Lipinski definition) is 1. The molecule has 0 aliphatic rings. The fourth-order valence-electron chi connectivity index (χ4n) is 2.29. The van der Waals surface area contributed by atoms with E-state index in [0.717, 1.165) is 18.2 Å². The number of carbonyl (C=O) groups is 2. The van der Waals surface area contributed by atoms with Crippen molar-refractivity contribution in [2.75, 3.05) is 0 Å². The predicted octanol–water partition coefficient (Wildman–Crippen LogP) is 4.14. The molecule has 0 fully saturated rings. The normalized spacial score (nSPS) is 10.6. The molecule has 1 N–H and O–H groups in total. The Balaban J connectivity index is 2.09. The van der Waals surface area contributed by atoms with E-state index in [9.17, 15) is 24.5 Å². The van der Waals surface area contributed by atoms with Crippen molar-refractivity contribution >= 4 is 60.5 Å². The molecule has 142 valence electrons. The van der Waals surface area contributed by atoms with Crippen LogP contribution in [0.2, 0.25) is 0 Å². The molecule has 0 amide bonds. The fraction of sp³-hybridized carbons (Fsp3) is 0. The molecular formula is C17H7Br2NO8. The first-order chi connectivity index (χ1) is 13.2. The maximum absolute atomic E-state index is 12.4. The highest BCUT2D eigenvalue weighted by Gasteiger charge is 2.22. The Morgan fingerprint density at radius 1 is 1.14 bits per heavy atom. The molecule has 11 heteroatoms. The minimum atomic E-state index is -1.46. The van der Waals surface area contributed by atoms with Crippen LogP contribution in [0.25, 0.3) is 11.0 Å². The zero-order valence-corrected chi connectivity index (χ0v) is 16.6. The highest BCUT2D eigenvalue weighted by Crippen LogP contribution is 2.39. The van der Waals surface area contributed by atoms with Crippen LogP contribution in [0.4, 0.5) is 5.69 Å². The molecule has 1 aromatic heterocycles. The summed E-state index contributed by atoms with van der Waals surface area (Å²) in [5, 5.41) is 20.0. The third kappa shape index (κ3) is 3.66. The molecule has 9 nitrogen and oxygen atoms in total. The lowest BCUT2D eigenvalue weighted by Gasteiger charge is -2.11. The van der Waals surface area contributed by atoms with Gasteiger partial charge < -0.3 is 14.3 Å². The molecule has 0 atom stereocenters. The van der Waals surface area contributed by atoms with Gasteiger partial charge in [-0.15, -0.1) is 0 Å². The minimum Gasteiger partial charge on any atom is -0.477 e. The lowest BCUT2D eigenvalue weighted by atomic mass is 10.1.